The Bertz CT molecular complexity index is 894. The van der Waals surface area contributed by atoms with Crippen LogP contribution in [0.5, 0.6) is 5.75 Å². The quantitative estimate of drug-likeness (QED) is 0.668. The highest BCUT2D eigenvalue weighted by Crippen LogP contribution is 2.33. The number of nitrogens with one attached hydrogen (secondary N) is 3. The molecule has 0 fully saturated rings. The largest absolute Gasteiger partial charge is 0.494 e. The van der Waals surface area contributed by atoms with E-state index in [1.807, 2.05) is 43.3 Å². The summed E-state index contributed by atoms with van der Waals surface area (Å²) in [6.07, 6.45) is 0. The lowest BCUT2D eigenvalue weighted by Crippen LogP contribution is -2.46. The molecule has 0 radical (unpaired) electrons. The molecule has 1 aliphatic rings. The van der Waals surface area contributed by atoms with Gasteiger partial charge in [-0.2, -0.15) is 0 Å². The summed E-state index contributed by atoms with van der Waals surface area (Å²) in [4.78, 5) is 25.1. The predicted octanol–water partition coefficient (Wildman–Crippen LogP) is 4.11. The first-order valence-corrected chi connectivity index (χ1v) is 9.35. The maximum Gasteiger partial charge on any atom is 0.319 e. The smallest absolute Gasteiger partial charge is 0.319 e. The first kappa shape index (κ1) is 19.0. The van der Waals surface area contributed by atoms with Crippen molar-refractivity contribution in [2.24, 2.45) is 0 Å². The van der Waals surface area contributed by atoms with Gasteiger partial charge in [-0.1, -0.05) is 34.1 Å². The maximum atomic E-state index is 13.0. The molecule has 27 heavy (non-hydrogen) atoms. The average molecular weight is 430 g/mol. The van der Waals surface area contributed by atoms with Gasteiger partial charge in [0.1, 0.15) is 5.75 Å². The van der Waals surface area contributed by atoms with Gasteiger partial charge in [-0.05, 0) is 44.2 Å². The number of carbonyl (C=O) groups is 2. The lowest BCUT2D eigenvalue weighted by atomic mass is 9.94. The Morgan fingerprint density at radius 1 is 1.19 bits per heavy atom. The lowest BCUT2D eigenvalue weighted by Gasteiger charge is -2.29. The number of allylic oxidation sites excluding steroid dienone is 1. The van der Waals surface area contributed by atoms with Crippen molar-refractivity contribution >= 4 is 33.6 Å². The standard InChI is InChI=1S/C20H20BrN3O3/c1-3-27-16-7-5-4-6-15(16)18-17(12(2)22-20(26)24-18)19(25)23-14-10-8-13(21)9-11-14/h4-11,18H,3H2,1-2H3,(H,23,25)(H2,22,24,26). The highest BCUT2D eigenvalue weighted by molar-refractivity contribution is 9.10. The van der Waals surface area contributed by atoms with E-state index in [4.69, 9.17) is 4.74 Å². The summed E-state index contributed by atoms with van der Waals surface area (Å²) in [5.74, 6) is 0.340. The number of ether oxygens (including phenoxy) is 1. The van der Waals surface area contributed by atoms with Crippen LogP contribution in [-0.4, -0.2) is 18.5 Å². The molecule has 1 unspecified atom stereocenters. The molecule has 1 heterocycles. The van der Waals surface area contributed by atoms with Crippen LogP contribution in [0.25, 0.3) is 0 Å². The predicted molar refractivity (Wildman–Crippen MR) is 107 cm³/mol. The normalized spacial score (nSPS) is 16.4. The van der Waals surface area contributed by atoms with Crippen molar-refractivity contribution in [3.63, 3.8) is 0 Å². The van der Waals surface area contributed by atoms with E-state index in [1.54, 1.807) is 19.1 Å². The fourth-order valence-electron chi connectivity index (χ4n) is 2.97. The zero-order valence-electron chi connectivity index (χ0n) is 15.0. The third-order valence-electron chi connectivity index (χ3n) is 4.15. The van der Waals surface area contributed by atoms with Gasteiger partial charge in [0.05, 0.1) is 18.2 Å². The number of rotatable bonds is 5. The minimum Gasteiger partial charge on any atom is -0.494 e. The van der Waals surface area contributed by atoms with Crippen LogP contribution in [0.3, 0.4) is 0 Å². The fourth-order valence-corrected chi connectivity index (χ4v) is 3.23. The van der Waals surface area contributed by atoms with Crippen molar-refractivity contribution in [3.05, 3.63) is 69.8 Å². The monoisotopic (exact) mass is 429 g/mol. The molecule has 3 N–H and O–H groups in total. The van der Waals surface area contributed by atoms with Crippen LogP contribution in [0.1, 0.15) is 25.5 Å². The SMILES string of the molecule is CCOc1ccccc1C1NC(=O)NC(C)=C1C(=O)Nc1ccc(Br)cc1. The van der Waals surface area contributed by atoms with Gasteiger partial charge < -0.3 is 20.7 Å². The van der Waals surface area contributed by atoms with Crippen LogP contribution in [0.2, 0.25) is 0 Å². The Morgan fingerprint density at radius 3 is 2.59 bits per heavy atom. The van der Waals surface area contributed by atoms with E-state index in [0.717, 1.165) is 10.0 Å². The number of hydrogen-bond donors (Lipinski definition) is 3. The fraction of sp³-hybridized carbons (Fsp3) is 0.200. The highest BCUT2D eigenvalue weighted by atomic mass is 79.9. The molecule has 0 saturated carbocycles. The number of carbonyl (C=O) groups excluding carboxylic acids is 2. The molecule has 2 aromatic rings. The van der Waals surface area contributed by atoms with Crippen LogP contribution >= 0.6 is 15.9 Å². The van der Waals surface area contributed by atoms with Crippen molar-refractivity contribution in [1.82, 2.24) is 10.6 Å². The van der Waals surface area contributed by atoms with Crippen molar-refractivity contribution in [2.75, 3.05) is 11.9 Å². The molecule has 3 amide bonds. The van der Waals surface area contributed by atoms with Crippen molar-refractivity contribution in [2.45, 2.75) is 19.9 Å². The van der Waals surface area contributed by atoms with E-state index < -0.39 is 6.04 Å². The van der Waals surface area contributed by atoms with E-state index in [9.17, 15) is 9.59 Å². The van der Waals surface area contributed by atoms with Crippen LogP contribution < -0.4 is 20.7 Å². The Balaban J connectivity index is 1.97. The van der Waals surface area contributed by atoms with Gasteiger partial charge in [0, 0.05) is 21.4 Å². The van der Waals surface area contributed by atoms with E-state index in [1.165, 1.54) is 0 Å². The van der Waals surface area contributed by atoms with Gasteiger partial charge in [-0.25, -0.2) is 4.79 Å². The van der Waals surface area contributed by atoms with Gasteiger partial charge in [0.2, 0.25) is 0 Å². The molecule has 0 spiro atoms. The van der Waals surface area contributed by atoms with Crippen molar-refractivity contribution < 1.29 is 14.3 Å². The van der Waals surface area contributed by atoms with Crippen molar-refractivity contribution in [1.29, 1.82) is 0 Å². The summed E-state index contributed by atoms with van der Waals surface area (Å²) in [6, 6.07) is 13.7. The van der Waals surface area contributed by atoms with Crippen LogP contribution in [0.4, 0.5) is 10.5 Å². The topological polar surface area (TPSA) is 79.5 Å². The Hall–Kier alpha value is -2.80. The summed E-state index contributed by atoms with van der Waals surface area (Å²) in [5, 5.41) is 8.39. The number of anilines is 1. The summed E-state index contributed by atoms with van der Waals surface area (Å²) in [7, 11) is 0. The van der Waals surface area contributed by atoms with Crippen molar-refractivity contribution in [3.8, 4) is 5.75 Å². The molecule has 1 aliphatic heterocycles. The Labute approximate surface area is 166 Å². The van der Waals surface area contributed by atoms with Crippen LogP contribution in [0.15, 0.2) is 64.3 Å². The van der Waals surface area contributed by atoms with Gasteiger partial charge in [0.15, 0.2) is 0 Å². The third-order valence-corrected chi connectivity index (χ3v) is 4.67. The number of urea groups is 1. The Kier molecular flexibility index (Phi) is 5.81. The number of hydrogen-bond acceptors (Lipinski definition) is 3. The molecule has 0 saturated heterocycles. The summed E-state index contributed by atoms with van der Waals surface area (Å²) in [5.41, 5.74) is 2.33. The van der Waals surface area contributed by atoms with E-state index in [2.05, 4.69) is 31.9 Å². The zero-order chi connectivity index (χ0) is 19.4. The first-order chi connectivity index (χ1) is 13.0. The molecule has 2 aromatic carbocycles. The molecule has 7 heteroatoms. The average Bonchev–Trinajstić information content (AvgIpc) is 2.63. The first-order valence-electron chi connectivity index (χ1n) is 8.56. The molecule has 3 rings (SSSR count). The summed E-state index contributed by atoms with van der Waals surface area (Å²) < 4.78 is 6.61. The number of benzene rings is 2. The molecular weight excluding hydrogens is 410 g/mol. The van der Waals surface area contributed by atoms with Gasteiger partial charge in [-0.3, -0.25) is 4.79 Å². The second-order valence-electron chi connectivity index (χ2n) is 6.00. The summed E-state index contributed by atoms with van der Waals surface area (Å²) >= 11 is 3.37. The second kappa shape index (κ2) is 8.26. The minimum atomic E-state index is -0.614. The number of para-hydroxylation sites is 1. The van der Waals surface area contributed by atoms with Gasteiger partial charge in [-0.15, -0.1) is 0 Å². The van der Waals surface area contributed by atoms with E-state index in [0.29, 0.717) is 29.3 Å². The maximum absolute atomic E-state index is 13.0. The van der Waals surface area contributed by atoms with Gasteiger partial charge in [0.25, 0.3) is 5.91 Å². The van der Waals surface area contributed by atoms with Gasteiger partial charge >= 0.3 is 6.03 Å². The molecule has 140 valence electrons. The molecule has 0 aromatic heterocycles. The van der Waals surface area contributed by atoms with E-state index >= 15 is 0 Å². The zero-order valence-corrected chi connectivity index (χ0v) is 16.6. The lowest BCUT2D eigenvalue weighted by molar-refractivity contribution is -0.113. The minimum absolute atomic E-state index is 0.293. The Morgan fingerprint density at radius 2 is 1.89 bits per heavy atom. The molecule has 0 bridgehead atoms. The number of halogens is 1. The second-order valence-corrected chi connectivity index (χ2v) is 6.92. The molecule has 0 aliphatic carbocycles. The van der Waals surface area contributed by atoms with E-state index in [-0.39, 0.29) is 11.9 Å². The highest BCUT2D eigenvalue weighted by Gasteiger charge is 2.32. The number of amides is 3. The molecule has 6 nitrogen and oxygen atoms in total. The molecule has 1 atom stereocenters. The third kappa shape index (κ3) is 4.31. The molecular formula is C20H20BrN3O3. The van der Waals surface area contributed by atoms with Crippen LogP contribution in [0, 0.1) is 0 Å². The summed E-state index contributed by atoms with van der Waals surface area (Å²) in [6.45, 7) is 4.09. The van der Waals surface area contributed by atoms with Crippen LogP contribution in [-0.2, 0) is 4.79 Å².